The molecule has 2 aromatic rings. The zero-order valence-electron chi connectivity index (χ0n) is 9.64. The Bertz CT molecular complexity index is 578. The topological polar surface area (TPSA) is 59.6 Å². The van der Waals surface area contributed by atoms with E-state index in [0.29, 0.717) is 23.1 Å². The number of aryl methyl sites for hydroxylation is 1. The van der Waals surface area contributed by atoms with Gasteiger partial charge in [-0.25, -0.2) is 4.98 Å². The van der Waals surface area contributed by atoms with Crippen molar-refractivity contribution in [3.63, 3.8) is 0 Å². The molecule has 0 amide bonds. The molecular weight excluding hydrogens is 236 g/mol. The third kappa shape index (κ3) is 2.04. The number of nitrogens with zero attached hydrogens (tertiary/aromatic N) is 3. The predicted molar refractivity (Wildman–Crippen MR) is 64.4 cm³/mol. The first-order valence-corrected chi connectivity index (χ1v) is 6.27. The van der Waals surface area contributed by atoms with Crippen LogP contribution in [-0.2, 0) is 13.0 Å². The van der Waals surface area contributed by atoms with E-state index in [9.17, 15) is 0 Å². The second-order valence-electron chi connectivity index (χ2n) is 4.32. The molecule has 0 saturated heterocycles. The minimum absolute atomic E-state index is 0.559. The van der Waals surface area contributed by atoms with Crippen molar-refractivity contribution in [1.29, 1.82) is 0 Å². The molecule has 6 heteroatoms. The molecular formula is C11H14N4OS. The van der Waals surface area contributed by atoms with E-state index in [2.05, 4.69) is 15.2 Å². The Kier molecular flexibility index (Phi) is 2.58. The second-order valence-corrected chi connectivity index (χ2v) is 4.71. The monoisotopic (exact) mass is 250 g/mol. The molecule has 1 aliphatic carbocycles. The first kappa shape index (κ1) is 10.7. The first-order chi connectivity index (χ1) is 8.28. The second kappa shape index (κ2) is 4.10. The van der Waals surface area contributed by atoms with Gasteiger partial charge >= 0.3 is 0 Å². The molecule has 0 aliphatic heterocycles. The maximum atomic E-state index is 5.60. The molecule has 0 aromatic carbocycles. The van der Waals surface area contributed by atoms with Gasteiger partial charge in [-0.15, -0.1) is 0 Å². The molecule has 0 unspecified atom stereocenters. The van der Waals surface area contributed by atoms with Gasteiger partial charge in [-0.05, 0) is 25.1 Å². The van der Waals surface area contributed by atoms with Gasteiger partial charge in [0.25, 0.3) is 0 Å². The van der Waals surface area contributed by atoms with E-state index >= 15 is 0 Å². The zero-order chi connectivity index (χ0) is 11.8. The molecule has 0 bridgehead atoms. The average Bonchev–Trinajstić information content (AvgIpc) is 2.97. The molecule has 2 heterocycles. The Morgan fingerprint density at radius 3 is 3.06 bits per heavy atom. The molecule has 1 saturated carbocycles. The summed E-state index contributed by atoms with van der Waals surface area (Å²) in [5.74, 6) is 3.19. The van der Waals surface area contributed by atoms with Gasteiger partial charge in [-0.1, -0.05) is 6.92 Å². The molecule has 17 heavy (non-hydrogen) atoms. The minimum atomic E-state index is 0.559. The van der Waals surface area contributed by atoms with Crippen LogP contribution in [0.25, 0.3) is 0 Å². The van der Waals surface area contributed by atoms with Gasteiger partial charge in [-0.3, -0.25) is 9.67 Å². The number of nitrogens with one attached hydrogen (secondary N) is 1. The number of aromatic amines is 1. The van der Waals surface area contributed by atoms with Crippen LogP contribution in [0.1, 0.15) is 43.2 Å². The van der Waals surface area contributed by atoms with Crippen molar-refractivity contribution in [2.75, 3.05) is 0 Å². The van der Waals surface area contributed by atoms with E-state index in [1.807, 2.05) is 11.5 Å². The summed E-state index contributed by atoms with van der Waals surface area (Å²) in [6, 6.07) is 0. The third-order valence-electron chi connectivity index (χ3n) is 2.97. The van der Waals surface area contributed by atoms with Crippen molar-refractivity contribution in [2.24, 2.45) is 0 Å². The van der Waals surface area contributed by atoms with E-state index in [-0.39, 0.29) is 0 Å². The van der Waals surface area contributed by atoms with Gasteiger partial charge in [0, 0.05) is 12.3 Å². The van der Waals surface area contributed by atoms with Gasteiger partial charge in [-0.2, -0.15) is 5.10 Å². The van der Waals surface area contributed by atoms with E-state index in [0.717, 1.165) is 18.0 Å². The zero-order valence-corrected chi connectivity index (χ0v) is 10.5. The Labute approximate surface area is 104 Å². The molecule has 1 fully saturated rings. The number of hydrogen-bond donors (Lipinski definition) is 1. The van der Waals surface area contributed by atoms with Crippen LogP contribution in [0, 0.1) is 4.77 Å². The number of hydrogen-bond acceptors (Lipinski definition) is 4. The number of H-pyrrole nitrogens is 1. The van der Waals surface area contributed by atoms with Crippen LogP contribution >= 0.6 is 12.2 Å². The van der Waals surface area contributed by atoms with Crippen LogP contribution in [0.15, 0.2) is 10.6 Å². The van der Waals surface area contributed by atoms with E-state index in [1.54, 1.807) is 6.20 Å². The fourth-order valence-corrected chi connectivity index (χ4v) is 2.06. The SMILES string of the molecule is CCc1cnc(Cn2c(C3CC3)n[nH]c2=S)o1. The summed E-state index contributed by atoms with van der Waals surface area (Å²) in [6.45, 7) is 2.62. The lowest BCUT2D eigenvalue weighted by Crippen LogP contribution is -2.04. The highest BCUT2D eigenvalue weighted by Crippen LogP contribution is 2.38. The van der Waals surface area contributed by atoms with Crippen LogP contribution in [0.2, 0.25) is 0 Å². The first-order valence-electron chi connectivity index (χ1n) is 5.86. The molecule has 0 atom stereocenters. The van der Waals surface area contributed by atoms with E-state index in [1.165, 1.54) is 12.8 Å². The molecule has 5 nitrogen and oxygen atoms in total. The summed E-state index contributed by atoms with van der Waals surface area (Å²) in [6.07, 6.45) is 5.03. The van der Waals surface area contributed by atoms with Crippen molar-refractivity contribution in [2.45, 2.75) is 38.6 Å². The highest BCUT2D eigenvalue weighted by atomic mass is 32.1. The van der Waals surface area contributed by atoms with Crippen molar-refractivity contribution < 1.29 is 4.42 Å². The standard InChI is InChI=1S/C11H14N4OS/c1-2-8-5-12-9(16-8)6-15-10(7-3-4-7)13-14-11(15)17/h5,7H,2-4,6H2,1H3,(H,14,17). The molecule has 1 N–H and O–H groups in total. The summed E-state index contributed by atoms with van der Waals surface area (Å²) in [4.78, 5) is 4.25. The molecule has 2 aromatic heterocycles. The van der Waals surface area contributed by atoms with Gasteiger partial charge in [0.2, 0.25) is 5.89 Å². The lowest BCUT2D eigenvalue weighted by Gasteiger charge is -2.02. The van der Waals surface area contributed by atoms with Crippen LogP contribution in [-0.4, -0.2) is 19.7 Å². The van der Waals surface area contributed by atoms with Gasteiger partial charge in [0.15, 0.2) is 4.77 Å². The Morgan fingerprint density at radius 1 is 1.59 bits per heavy atom. The number of rotatable bonds is 4. The summed E-state index contributed by atoms with van der Waals surface area (Å²) in [5.41, 5.74) is 0. The molecule has 90 valence electrons. The van der Waals surface area contributed by atoms with Crippen molar-refractivity contribution in [3.05, 3.63) is 28.4 Å². The Hall–Kier alpha value is -1.43. The van der Waals surface area contributed by atoms with Gasteiger partial charge < -0.3 is 4.42 Å². The number of oxazole rings is 1. The lowest BCUT2D eigenvalue weighted by molar-refractivity contribution is 0.442. The summed E-state index contributed by atoms with van der Waals surface area (Å²) in [7, 11) is 0. The van der Waals surface area contributed by atoms with Crippen LogP contribution in [0.3, 0.4) is 0 Å². The highest BCUT2D eigenvalue weighted by Gasteiger charge is 2.29. The largest absolute Gasteiger partial charge is 0.444 e. The van der Waals surface area contributed by atoms with Crippen LogP contribution in [0.5, 0.6) is 0 Å². The molecule has 1 aliphatic rings. The maximum absolute atomic E-state index is 5.60. The highest BCUT2D eigenvalue weighted by molar-refractivity contribution is 7.71. The molecule has 3 rings (SSSR count). The fourth-order valence-electron chi connectivity index (χ4n) is 1.86. The van der Waals surface area contributed by atoms with Crippen LogP contribution < -0.4 is 0 Å². The normalized spacial score (nSPS) is 15.4. The quantitative estimate of drug-likeness (QED) is 0.847. The van der Waals surface area contributed by atoms with E-state index < -0.39 is 0 Å². The fraction of sp³-hybridized carbons (Fsp3) is 0.545. The third-order valence-corrected chi connectivity index (χ3v) is 3.29. The van der Waals surface area contributed by atoms with Crippen molar-refractivity contribution in [3.8, 4) is 0 Å². The summed E-state index contributed by atoms with van der Waals surface area (Å²) >= 11 is 5.23. The van der Waals surface area contributed by atoms with E-state index in [4.69, 9.17) is 16.6 Å². The van der Waals surface area contributed by atoms with Crippen molar-refractivity contribution >= 4 is 12.2 Å². The lowest BCUT2D eigenvalue weighted by atomic mass is 10.4. The Morgan fingerprint density at radius 2 is 2.41 bits per heavy atom. The average molecular weight is 250 g/mol. The summed E-state index contributed by atoms with van der Waals surface area (Å²) in [5, 5.41) is 7.12. The number of aromatic nitrogens is 4. The van der Waals surface area contributed by atoms with Crippen LogP contribution in [0.4, 0.5) is 0 Å². The Balaban J connectivity index is 1.88. The molecule has 0 radical (unpaired) electrons. The smallest absolute Gasteiger partial charge is 0.214 e. The minimum Gasteiger partial charge on any atom is -0.444 e. The van der Waals surface area contributed by atoms with Gasteiger partial charge in [0.1, 0.15) is 18.1 Å². The van der Waals surface area contributed by atoms with Gasteiger partial charge in [0.05, 0.1) is 6.20 Å². The van der Waals surface area contributed by atoms with Crippen molar-refractivity contribution in [1.82, 2.24) is 19.7 Å². The molecule has 0 spiro atoms. The predicted octanol–water partition coefficient (Wildman–Crippen LogP) is 2.42. The maximum Gasteiger partial charge on any atom is 0.214 e. The summed E-state index contributed by atoms with van der Waals surface area (Å²) < 4.78 is 8.22.